The Morgan fingerprint density at radius 1 is 1.46 bits per heavy atom. The van der Waals surface area contributed by atoms with Gasteiger partial charge in [-0.1, -0.05) is 23.2 Å². The molecule has 0 aliphatic carbocycles. The second kappa shape index (κ2) is 3.99. The minimum atomic E-state index is -0.913. The average molecular weight is 219 g/mol. The maximum absolute atomic E-state index is 10.7. The second-order valence-corrected chi connectivity index (χ2v) is 3.57. The van der Waals surface area contributed by atoms with E-state index >= 15 is 0 Å². The first kappa shape index (κ1) is 10.4. The van der Waals surface area contributed by atoms with Crippen molar-refractivity contribution in [3.63, 3.8) is 0 Å². The lowest BCUT2D eigenvalue weighted by molar-refractivity contribution is -0.138. The first-order valence-electron chi connectivity index (χ1n) is 3.70. The van der Waals surface area contributed by atoms with Crippen molar-refractivity contribution in [1.82, 2.24) is 0 Å². The molecule has 0 heterocycles. The maximum Gasteiger partial charge on any atom is 0.310 e. The van der Waals surface area contributed by atoms with Crippen molar-refractivity contribution < 1.29 is 9.90 Å². The smallest absolute Gasteiger partial charge is 0.310 e. The fraction of sp³-hybridized carbons (Fsp3) is 0.222. The topological polar surface area (TPSA) is 37.3 Å². The maximum atomic E-state index is 10.7. The number of halogens is 2. The van der Waals surface area contributed by atoms with E-state index < -0.39 is 11.9 Å². The van der Waals surface area contributed by atoms with Gasteiger partial charge in [-0.25, -0.2) is 0 Å². The van der Waals surface area contributed by atoms with Gasteiger partial charge in [0.1, 0.15) is 0 Å². The Kier molecular flexibility index (Phi) is 3.17. The summed E-state index contributed by atoms with van der Waals surface area (Å²) >= 11 is 11.5. The van der Waals surface area contributed by atoms with Crippen molar-refractivity contribution in [1.29, 1.82) is 0 Å². The first-order valence-corrected chi connectivity index (χ1v) is 4.45. The molecule has 0 aliphatic rings. The number of rotatable bonds is 2. The highest BCUT2D eigenvalue weighted by Gasteiger charge is 2.16. The molecule has 0 amide bonds. The fourth-order valence-corrected chi connectivity index (χ4v) is 1.44. The Hall–Kier alpha value is -0.730. The third-order valence-electron chi connectivity index (χ3n) is 1.79. The van der Waals surface area contributed by atoms with Crippen molar-refractivity contribution in [2.45, 2.75) is 12.8 Å². The molecule has 0 radical (unpaired) electrons. The predicted molar refractivity (Wildman–Crippen MR) is 52.5 cm³/mol. The van der Waals surface area contributed by atoms with Crippen LogP contribution in [0.3, 0.4) is 0 Å². The second-order valence-electron chi connectivity index (χ2n) is 2.73. The standard InChI is InChI=1S/C9H8Cl2O2/c1-5(9(12)13)7-4-6(10)2-3-8(7)11/h2-5H,1H3,(H,12,13). The number of carbonyl (C=O) groups is 1. The average Bonchev–Trinajstić information content (AvgIpc) is 2.08. The molecular weight excluding hydrogens is 211 g/mol. The largest absolute Gasteiger partial charge is 0.481 e. The van der Waals surface area contributed by atoms with Crippen LogP contribution >= 0.6 is 23.2 Å². The van der Waals surface area contributed by atoms with Crippen LogP contribution in [0.15, 0.2) is 18.2 Å². The van der Waals surface area contributed by atoms with Crippen molar-refractivity contribution in [2.75, 3.05) is 0 Å². The van der Waals surface area contributed by atoms with E-state index in [1.807, 2.05) is 0 Å². The van der Waals surface area contributed by atoms with Crippen molar-refractivity contribution in [3.8, 4) is 0 Å². The summed E-state index contributed by atoms with van der Waals surface area (Å²) in [6, 6.07) is 4.79. The van der Waals surface area contributed by atoms with E-state index in [4.69, 9.17) is 28.3 Å². The molecule has 4 heteroatoms. The normalized spacial score (nSPS) is 12.5. The summed E-state index contributed by atoms with van der Waals surface area (Å²) in [6.45, 7) is 1.57. The summed E-state index contributed by atoms with van der Waals surface area (Å²) in [5, 5.41) is 9.67. The third-order valence-corrected chi connectivity index (χ3v) is 2.37. The van der Waals surface area contributed by atoms with Gasteiger partial charge in [-0.3, -0.25) is 4.79 Å². The number of hydrogen-bond donors (Lipinski definition) is 1. The molecule has 0 bridgehead atoms. The van der Waals surface area contributed by atoms with Crippen LogP contribution in [0.25, 0.3) is 0 Å². The monoisotopic (exact) mass is 218 g/mol. The van der Waals surface area contributed by atoms with E-state index in [0.29, 0.717) is 15.6 Å². The molecule has 1 rings (SSSR count). The number of carboxylic acids is 1. The van der Waals surface area contributed by atoms with Gasteiger partial charge in [-0.05, 0) is 30.7 Å². The molecule has 1 N–H and O–H groups in total. The van der Waals surface area contributed by atoms with E-state index in [9.17, 15) is 4.79 Å². The van der Waals surface area contributed by atoms with Gasteiger partial charge in [-0.15, -0.1) is 0 Å². The Balaban J connectivity index is 3.12. The minimum absolute atomic E-state index is 0.430. The number of aliphatic carboxylic acids is 1. The third kappa shape index (κ3) is 2.36. The van der Waals surface area contributed by atoms with Crippen LogP contribution in [0.5, 0.6) is 0 Å². The summed E-state index contributed by atoms with van der Waals surface area (Å²) in [5.74, 6) is -1.55. The van der Waals surface area contributed by atoms with Gasteiger partial charge in [0.2, 0.25) is 0 Å². The summed E-state index contributed by atoms with van der Waals surface area (Å²) in [4.78, 5) is 10.7. The lowest BCUT2D eigenvalue weighted by Gasteiger charge is -2.08. The summed E-state index contributed by atoms with van der Waals surface area (Å²) in [6.07, 6.45) is 0. The molecular formula is C9H8Cl2O2. The van der Waals surface area contributed by atoms with Crippen LogP contribution in [0.4, 0.5) is 0 Å². The Morgan fingerprint density at radius 2 is 2.08 bits per heavy atom. The van der Waals surface area contributed by atoms with E-state index in [-0.39, 0.29) is 0 Å². The highest BCUT2D eigenvalue weighted by Crippen LogP contribution is 2.27. The van der Waals surface area contributed by atoms with Gasteiger partial charge >= 0.3 is 5.97 Å². The molecule has 1 aromatic carbocycles. The molecule has 0 spiro atoms. The molecule has 70 valence electrons. The Morgan fingerprint density at radius 3 is 2.62 bits per heavy atom. The van der Waals surface area contributed by atoms with Crippen LogP contribution in [0.1, 0.15) is 18.4 Å². The molecule has 0 fully saturated rings. The zero-order chi connectivity index (χ0) is 10.0. The minimum Gasteiger partial charge on any atom is -0.481 e. The predicted octanol–water partition coefficient (Wildman–Crippen LogP) is 3.18. The van der Waals surface area contributed by atoms with Gasteiger partial charge in [-0.2, -0.15) is 0 Å². The molecule has 0 aliphatic heterocycles. The molecule has 1 unspecified atom stereocenters. The van der Waals surface area contributed by atoms with Crippen LogP contribution in [-0.2, 0) is 4.79 Å². The molecule has 1 aromatic rings. The number of hydrogen-bond acceptors (Lipinski definition) is 1. The van der Waals surface area contributed by atoms with Gasteiger partial charge in [0, 0.05) is 10.0 Å². The molecule has 2 nitrogen and oxygen atoms in total. The van der Waals surface area contributed by atoms with E-state index in [2.05, 4.69) is 0 Å². The van der Waals surface area contributed by atoms with E-state index in [1.165, 1.54) is 0 Å². The molecule has 0 aromatic heterocycles. The van der Waals surface area contributed by atoms with Gasteiger partial charge in [0.15, 0.2) is 0 Å². The van der Waals surface area contributed by atoms with Crippen molar-refractivity contribution in [3.05, 3.63) is 33.8 Å². The highest BCUT2D eigenvalue weighted by atomic mass is 35.5. The molecule has 0 saturated carbocycles. The van der Waals surface area contributed by atoms with Crippen LogP contribution < -0.4 is 0 Å². The summed E-state index contributed by atoms with van der Waals surface area (Å²) < 4.78 is 0. The number of carboxylic acid groups (broad SMARTS) is 1. The zero-order valence-corrected chi connectivity index (χ0v) is 8.43. The lowest BCUT2D eigenvalue weighted by Crippen LogP contribution is -2.07. The van der Waals surface area contributed by atoms with Crippen molar-refractivity contribution in [2.24, 2.45) is 0 Å². The summed E-state index contributed by atoms with van der Waals surface area (Å²) in [5.41, 5.74) is 0.543. The van der Waals surface area contributed by atoms with E-state index in [1.54, 1.807) is 25.1 Å². The lowest BCUT2D eigenvalue weighted by atomic mass is 10.0. The van der Waals surface area contributed by atoms with Crippen LogP contribution in [-0.4, -0.2) is 11.1 Å². The summed E-state index contributed by atoms with van der Waals surface area (Å²) in [7, 11) is 0. The van der Waals surface area contributed by atoms with Crippen LogP contribution in [0.2, 0.25) is 10.0 Å². The Bertz CT molecular complexity index is 336. The first-order chi connectivity index (χ1) is 6.02. The fourth-order valence-electron chi connectivity index (χ4n) is 0.979. The Labute approximate surface area is 86.1 Å². The van der Waals surface area contributed by atoms with E-state index in [0.717, 1.165) is 0 Å². The quantitative estimate of drug-likeness (QED) is 0.829. The SMILES string of the molecule is CC(C(=O)O)c1cc(Cl)ccc1Cl. The molecule has 0 saturated heterocycles. The van der Waals surface area contributed by atoms with Gasteiger partial charge in [0.25, 0.3) is 0 Å². The molecule has 1 atom stereocenters. The molecule has 13 heavy (non-hydrogen) atoms. The van der Waals surface area contributed by atoms with Crippen LogP contribution in [0, 0.1) is 0 Å². The zero-order valence-electron chi connectivity index (χ0n) is 6.92. The van der Waals surface area contributed by atoms with Gasteiger partial charge in [0.05, 0.1) is 5.92 Å². The highest BCUT2D eigenvalue weighted by molar-refractivity contribution is 6.33. The van der Waals surface area contributed by atoms with Crippen molar-refractivity contribution >= 4 is 29.2 Å². The number of benzene rings is 1. The van der Waals surface area contributed by atoms with Gasteiger partial charge < -0.3 is 5.11 Å².